The molecule has 28 heavy (non-hydrogen) atoms. The molecule has 3 aromatic rings. The van der Waals surface area contributed by atoms with Gasteiger partial charge in [0.05, 0.1) is 0 Å². The Bertz CT molecular complexity index is 1060. The molecule has 2 aliphatic rings. The number of nitrogens with zero attached hydrogens (tertiary/aromatic N) is 6. The van der Waals surface area contributed by atoms with Gasteiger partial charge in [-0.15, -0.1) is 5.10 Å². The lowest BCUT2D eigenvalue weighted by Gasteiger charge is -2.43. The Morgan fingerprint density at radius 3 is 2.71 bits per heavy atom. The SMILES string of the molecule is O=C(Cn1cnnn1)N1C[C@@H]2C[C@H](C1)c1cc(-c3ccccc3)cc(=O)n1C2. The van der Waals surface area contributed by atoms with Gasteiger partial charge >= 0.3 is 0 Å². The third-order valence-electron chi connectivity index (χ3n) is 5.70. The van der Waals surface area contributed by atoms with Crippen LogP contribution in [0.1, 0.15) is 18.0 Å². The molecule has 0 saturated carbocycles. The molecule has 5 rings (SSSR count). The van der Waals surface area contributed by atoms with Gasteiger partial charge in [-0.3, -0.25) is 9.59 Å². The van der Waals surface area contributed by atoms with Gasteiger partial charge in [-0.2, -0.15) is 0 Å². The van der Waals surface area contributed by atoms with E-state index in [0.29, 0.717) is 25.6 Å². The molecule has 2 atom stereocenters. The third kappa shape index (κ3) is 3.00. The van der Waals surface area contributed by atoms with Crippen molar-refractivity contribution >= 4 is 5.91 Å². The van der Waals surface area contributed by atoms with Crippen LogP contribution in [0.2, 0.25) is 0 Å². The summed E-state index contributed by atoms with van der Waals surface area (Å²) in [6, 6.07) is 13.8. The van der Waals surface area contributed by atoms with E-state index in [2.05, 4.69) is 21.6 Å². The highest BCUT2D eigenvalue weighted by Gasteiger charge is 2.36. The number of carbonyl (C=O) groups is 1. The first kappa shape index (κ1) is 16.9. The largest absolute Gasteiger partial charge is 0.340 e. The van der Waals surface area contributed by atoms with Crippen molar-refractivity contribution in [3.05, 3.63) is 64.8 Å². The van der Waals surface area contributed by atoms with Crippen LogP contribution in [-0.2, 0) is 17.9 Å². The molecule has 2 bridgehead atoms. The smallest absolute Gasteiger partial charge is 0.251 e. The summed E-state index contributed by atoms with van der Waals surface area (Å²) in [6.07, 6.45) is 2.45. The molecule has 0 spiro atoms. The maximum Gasteiger partial charge on any atom is 0.251 e. The molecule has 8 heteroatoms. The zero-order valence-electron chi connectivity index (χ0n) is 15.3. The van der Waals surface area contributed by atoms with Crippen molar-refractivity contribution in [3.63, 3.8) is 0 Å². The van der Waals surface area contributed by atoms with Crippen molar-refractivity contribution in [1.29, 1.82) is 0 Å². The van der Waals surface area contributed by atoms with Crippen molar-refractivity contribution in [3.8, 4) is 11.1 Å². The van der Waals surface area contributed by atoms with Crippen LogP contribution >= 0.6 is 0 Å². The number of likely N-dealkylation sites (tertiary alicyclic amines) is 1. The first-order valence-electron chi connectivity index (χ1n) is 9.46. The lowest BCUT2D eigenvalue weighted by Crippen LogP contribution is -2.49. The molecule has 142 valence electrons. The number of amides is 1. The van der Waals surface area contributed by atoms with Crippen LogP contribution in [0.3, 0.4) is 0 Å². The number of aromatic nitrogens is 5. The Balaban J connectivity index is 1.44. The van der Waals surface area contributed by atoms with Crippen molar-refractivity contribution in [2.24, 2.45) is 5.92 Å². The van der Waals surface area contributed by atoms with Crippen LogP contribution in [0.5, 0.6) is 0 Å². The van der Waals surface area contributed by atoms with Crippen LogP contribution in [0.15, 0.2) is 53.6 Å². The lowest BCUT2D eigenvalue weighted by atomic mass is 9.82. The maximum absolute atomic E-state index is 12.8. The minimum atomic E-state index is 0.0111. The minimum absolute atomic E-state index is 0.0111. The molecule has 4 heterocycles. The Morgan fingerprint density at radius 1 is 1.07 bits per heavy atom. The number of carbonyl (C=O) groups excluding carboxylic acids is 1. The van der Waals surface area contributed by atoms with Gasteiger partial charge < -0.3 is 9.47 Å². The first-order valence-corrected chi connectivity index (χ1v) is 9.46. The number of hydrogen-bond acceptors (Lipinski definition) is 5. The van der Waals surface area contributed by atoms with E-state index in [9.17, 15) is 9.59 Å². The fraction of sp³-hybridized carbons (Fsp3) is 0.350. The van der Waals surface area contributed by atoms with E-state index in [1.807, 2.05) is 39.8 Å². The number of rotatable bonds is 3. The van der Waals surface area contributed by atoms with E-state index in [1.165, 1.54) is 11.0 Å². The minimum Gasteiger partial charge on any atom is -0.340 e. The van der Waals surface area contributed by atoms with E-state index in [-0.39, 0.29) is 23.9 Å². The summed E-state index contributed by atoms with van der Waals surface area (Å²) >= 11 is 0. The van der Waals surface area contributed by atoms with Gasteiger partial charge in [0, 0.05) is 37.3 Å². The molecule has 0 N–H and O–H groups in total. The van der Waals surface area contributed by atoms with Crippen LogP contribution < -0.4 is 5.56 Å². The number of piperidine rings is 1. The Hall–Kier alpha value is -3.29. The molecule has 0 radical (unpaired) electrons. The summed E-state index contributed by atoms with van der Waals surface area (Å²) in [7, 11) is 0. The lowest BCUT2D eigenvalue weighted by molar-refractivity contribution is -0.134. The van der Waals surface area contributed by atoms with Crippen molar-refractivity contribution in [2.75, 3.05) is 13.1 Å². The molecule has 2 aliphatic heterocycles. The summed E-state index contributed by atoms with van der Waals surface area (Å²) in [5.74, 6) is 0.475. The molecule has 0 unspecified atom stereocenters. The number of benzene rings is 1. The van der Waals surface area contributed by atoms with E-state index < -0.39 is 0 Å². The summed E-state index contributed by atoms with van der Waals surface area (Å²) in [5, 5.41) is 10.9. The molecule has 1 fully saturated rings. The second kappa shape index (κ2) is 6.70. The number of hydrogen-bond donors (Lipinski definition) is 0. The van der Waals surface area contributed by atoms with Crippen molar-refractivity contribution < 1.29 is 4.79 Å². The fourth-order valence-corrected chi connectivity index (χ4v) is 4.45. The van der Waals surface area contributed by atoms with E-state index in [0.717, 1.165) is 23.2 Å². The van der Waals surface area contributed by atoms with E-state index in [4.69, 9.17) is 0 Å². The highest BCUT2D eigenvalue weighted by molar-refractivity contribution is 5.76. The molecule has 8 nitrogen and oxygen atoms in total. The van der Waals surface area contributed by atoms with E-state index >= 15 is 0 Å². The van der Waals surface area contributed by atoms with Crippen LogP contribution in [0.4, 0.5) is 0 Å². The zero-order chi connectivity index (χ0) is 19.1. The predicted octanol–water partition coefficient (Wildman–Crippen LogP) is 1.15. The number of tetrazole rings is 1. The summed E-state index contributed by atoms with van der Waals surface area (Å²) in [5.41, 5.74) is 3.04. The monoisotopic (exact) mass is 376 g/mol. The molecule has 0 aliphatic carbocycles. The molecular formula is C20H20N6O2. The zero-order valence-corrected chi connectivity index (χ0v) is 15.3. The van der Waals surface area contributed by atoms with E-state index in [1.54, 1.807) is 6.07 Å². The molecular weight excluding hydrogens is 356 g/mol. The van der Waals surface area contributed by atoms with Gasteiger partial charge in [0.1, 0.15) is 12.9 Å². The highest BCUT2D eigenvalue weighted by Crippen LogP contribution is 2.36. The van der Waals surface area contributed by atoms with Gasteiger partial charge in [-0.05, 0) is 40.0 Å². The fourth-order valence-electron chi connectivity index (χ4n) is 4.45. The quantitative estimate of drug-likeness (QED) is 0.684. The second-order valence-electron chi connectivity index (χ2n) is 7.59. The number of fused-ring (bicyclic) bond motifs is 4. The Labute approximate surface area is 161 Å². The van der Waals surface area contributed by atoms with Gasteiger partial charge in [0.25, 0.3) is 5.56 Å². The average molecular weight is 376 g/mol. The van der Waals surface area contributed by atoms with Crippen LogP contribution in [0.25, 0.3) is 11.1 Å². The average Bonchev–Trinajstić information content (AvgIpc) is 3.22. The van der Waals surface area contributed by atoms with Crippen molar-refractivity contribution in [1.82, 2.24) is 29.7 Å². The topological polar surface area (TPSA) is 85.9 Å². The van der Waals surface area contributed by atoms with Gasteiger partial charge in [-0.25, -0.2) is 4.68 Å². The summed E-state index contributed by atoms with van der Waals surface area (Å²) in [6.45, 7) is 2.09. The molecule has 1 saturated heterocycles. The summed E-state index contributed by atoms with van der Waals surface area (Å²) < 4.78 is 3.34. The van der Waals surface area contributed by atoms with Crippen LogP contribution in [0, 0.1) is 5.92 Å². The normalized spacial score (nSPS) is 20.6. The second-order valence-corrected chi connectivity index (χ2v) is 7.59. The van der Waals surface area contributed by atoms with Crippen LogP contribution in [-0.4, -0.2) is 48.7 Å². The van der Waals surface area contributed by atoms with Crippen molar-refractivity contribution in [2.45, 2.75) is 25.4 Å². The molecule has 1 aromatic carbocycles. The molecule has 2 aromatic heterocycles. The maximum atomic E-state index is 12.8. The Morgan fingerprint density at radius 2 is 1.93 bits per heavy atom. The first-order chi connectivity index (χ1) is 13.7. The standard InChI is InChI=1S/C20H20N6O2/c27-19-8-16(15-4-2-1-3-5-15)7-18-17-6-14(10-26(18)19)9-24(11-17)20(28)12-25-13-21-22-23-25/h1-5,7-8,13-14,17H,6,9-12H2/t14-,17+/m0/s1. The predicted molar refractivity (Wildman–Crippen MR) is 101 cm³/mol. The third-order valence-corrected chi connectivity index (χ3v) is 5.70. The van der Waals surface area contributed by atoms with Gasteiger partial charge in [0.15, 0.2) is 0 Å². The molecule has 1 amide bonds. The van der Waals surface area contributed by atoms with Gasteiger partial charge in [-0.1, -0.05) is 30.3 Å². The number of pyridine rings is 1. The summed E-state index contributed by atoms with van der Waals surface area (Å²) in [4.78, 5) is 27.4. The Kier molecular flexibility index (Phi) is 4.03. The van der Waals surface area contributed by atoms with Gasteiger partial charge in [0.2, 0.25) is 5.91 Å². The highest BCUT2D eigenvalue weighted by atomic mass is 16.2.